The minimum absolute atomic E-state index is 0.0831. The number of rotatable bonds is 3. The van der Waals surface area contributed by atoms with Crippen LogP contribution in [-0.4, -0.2) is 5.54 Å². The van der Waals surface area contributed by atoms with Gasteiger partial charge in [-0.25, -0.2) is 4.39 Å². The topological polar surface area (TPSA) is 12.0 Å². The molecule has 0 atom stereocenters. The van der Waals surface area contributed by atoms with Crippen molar-refractivity contribution in [2.75, 3.05) is 0 Å². The molecule has 0 saturated carbocycles. The van der Waals surface area contributed by atoms with Crippen LogP contribution in [0.3, 0.4) is 0 Å². The monoisotopic (exact) mass is 265 g/mol. The smallest absolute Gasteiger partial charge is 0.141 e. The molecular formula is C15H20FNS. The highest BCUT2D eigenvalue weighted by atomic mass is 32.1. The van der Waals surface area contributed by atoms with Crippen LogP contribution in [0.5, 0.6) is 0 Å². The van der Waals surface area contributed by atoms with Crippen LogP contribution in [0, 0.1) is 5.82 Å². The van der Waals surface area contributed by atoms with Crippen LogP contribution >= 0.6 is 11.3 Å². The molecule has 1 heterocycles. The molecule has 1 N–H and O–H groups in total. The maximum absolute atomic E-state index is 13.8. The van der Waals surface area contributed by atoms with Crippen LogP contribution in [0.15, 0.2) is 18.2 Å². The fraction of sp³-hybridized carbons (Fsp3) is 0.467. The van der Waals surface area contributed by atoms with E-state index in [-0.39, 0.29) is 11.4 Å². The van der Waals surface area contributed by atoms with E-state index in [0.29, 0.717) is 0 Å². The average Bonchev–Trinajstić information content (AvgIpc) is 2.64. The standard InChI is InChI=1S/C15H20FNS/c1-5-10-11-7-6-8-12(16)14(11)18-13(10)9-17-15(2,3)4/h6-8,17H,5,9H2,1-4H3. The molecule has 0 fully saturated rings. The van der Waals surface area contributed by atoms with Crippen molar-refractivity contribution in [2.24, 2.45) is 0 Å². The van der Waals surface area contributed by atoms with Crippen molar-refractivity contribution < 1.29 is 4.39 Å². The molecule has 0 amide bonds. The third-order valence-corrected chi connectivity index (χ3v) is 4.24. The second kappa shape index (κ2) is 4.98. The number of aryl methyl sites for hydroxylation is 1. The molecule has 1 aromatic carbocycles. The van der Waals surface area contributed by atoms with Gasteiger partial charge in [-0.2, -0.15) is 0 Å². The molecule has 98 valence electrons. The zero-order chi connectivity index (χ0) is 13.3. The molecule has 0 unspecified atom stereocenters. The lowest BCUT2D eigenvalue weighted by molar-refractivity contribution is 0.426. The van der Waals surface area contributed by atoms with E-state index in [1.807, 2.05) is 6.07 Å². The van der Waals surface area contributed by atoms with E-state index in [0.717, 1.165) is 23.1 Å². The predicted molar refractivity (Wildman–Crippen MR) is 77.8 cm³/mol. The largest absolute Gasteiger partial charge is 0.307 e. The summed E-state index contributed by atoms with van der Waals surface area (Å²) >= 11 is 1.58. The summed E-state index contributed by atoms with van der Waals surface area (Å²) in [6.07, 6.45) is 0.949. The van der Waals surface area contributed by atoms with E-state index in [2.05, 4.69) is 33.0 Å². The Hall–Kier alpha value is -0.930. The fourth-order valence-electron chi connectivity index (χ4n) is 2.06. The Morgan fingerprint density at radius 2 is 2.00 bits per heavy atom. The zero-order valence-electron chi connectivity index (χ0n) is 11.4. The number of hydrogen-bond acceptors (Lipinski definition) is 2. The summed E-state index contributed by atoms with van der Waals surface area (Å²) in [5.41, 5.74) is 1.37. The molecule has 18 heavy (non-hydrogen) atoms. The molecule has 0 bridgehead atoms. The molecule has 0 aliphatic heterocycles. The van der Waals surface area contributed by atoms with Gasteiger partial charge in [0.15, 0.2) is 0 Å². The van der Waals surface area contributed by atoms with Gasteiger partial charge in [-0.05, 0) is 44.2 Å². The molecule has 0 radical (unpaired) electrons. The third kappa shape index (κ3) is 2.73. The Bertz CT molecular complexity index is 551. The summed E-state index contributed by atoms with van der Waals surface area (Å²) in [6, 6.07) is 5.36. The van der Waals surface area contributed by atoms with Crippen molar-refractivity contribution in [3.05, 3.63) is 34.5 Å². The Labute approximate surface area is 112 Å². The lowest BCUT2D eigenvalue weighted by atomic mass is 10.1. The van der Waals surface area contributed by atoms with Gasteiger partial charge in [0, 0.05) is 17.0 Å². The highest BCUT2D eigenvalue weighted by Crippen LogP contribution is 2.33. The van der Waals surface area contributed by atoms with Gasteiger partial charge in [-0.3, -0.25) is 0 Å². The zero-order valence-corrected chi connectivity index (χ0v) is 12.2. The molecule has 0 aliphatic carbocycles. The first kappa shape index (κ1) is 13.5. The molecule has 1 nitrogen and oxygen atoms in total. The van der Waals surface area contributed by atoms with Crippen LogP contribution in [0.2, 0.25) is 0 Å². The number of thiophene rings is 1. The quantitative estimate of drug-likeness (QED) is 0.862. The minimum Gasteiger partial charge on any atom is -0.307 e. The number of hydrogen-bond donors (Lipinski definition) is 1. The van der Waals surface area contributed by atoms with Crippen LogP contribution in [0.4, 0.5) is 4.39 Å². The van der Waals surface area contributed by atoms with Crippen molar-refractivity contribution in [3.8, 4) is 0 Å². The Balaban J connectivity index is 2.41. The van der Waals surface area contributed by atoms with Gasteiger partial charge < -0.3 is 5.32 Å². The second-order valence-electron chi connectivity index (χ2n) is 5.58. The lowest BCUT2D eigenvalue weighted by Gasteiger charge is -2.20. The van der Waals surface area contributed by atoms with E-state index in [4.69, 9.17) is 0 Å². The SMILES string of the molecule is CCc1c(CNC(C)(C)C)sc2c(F)cccc12. The van der Waals surface area contributed by atoms with Crippen molar-refractivity contribution >= 4 is 21.4 Å². The molecule has 0 aliphatic rings. The molecule has 0 saturated heterocycles. The summed E-state index contributed by atoms with van der Waals surface area (Å²) in [5.74, 6) is -0.103. The van der Waals surface area contributed by atoms with Crippen molar-refractivity contribution in [2.45, 2.75) is 46.2 Å². The summed E-state index contributed by atoms with van der Waals surface area (Å²) in [4.78, 5) is 1.26. The molecule has 1 aromatic heterocycles. The normalized spacial score (nSPS) is 12.3. The second-order valence-corrected chi connectivity index (χ2v) is 6.68. The van der Waals surface area contributed by atoms with E-state index in [9.17, 15) is 4.39 Å². The first-order valence-electron chi connectivity index (χ1n) is 6.36. The fourth-order valence-corrected chi connectivity index (χ4v) is 3.30. The van der Waals surface area contributed by atoms with Crippen LogP contribution in [-0.2, 0) is 13.0 Å². The number of nitrogens with one attached hydrogen (secondary N) is 1. The Kier molecular flexibility index (Phi) is 3.74. The first-order valence-corrected chi connectivity index (χ1v) is 7.18. The van der Waals surface area contributed by atoms with Crippen LogP contribution in [0.1, 0.15) is 38.1 Å². The molecular weight excluding hydrogens is 245 g/mol. The van der Waals surface area contributed by atoms with Crippen molar-refractivity contribution in [3.63, 3.8) is 0 Å². The van der Waals surface area contributed by atoms with E-state index < -0.39 is 0 Å². The maximum atomic E-state index is 13.8. The van der Waals surface area contributed by atoms with Crippen LogP contribution < -0.4 is 5.32 Å². The van der Waals surface area contributed by atoms with E-state index in [1.54, 1.807) is 23.5 Å². The van der Waals surface area contributed by atoms with Gasteiger partial charge in [0.05, 0.1) is 4.70 Å². The first-order chi connectivity index (χ1) is 8.42. The van der Waals surface area contributed by atoms with Gasteiger partial charge in [0.2, 0.25) is 0 Å². The van der Waals surface area contributed by atoms with Gasteiger partial charge in [0.25, 0.3) is 0 Å². The third-order valence-electron chi connectivity index (χ3n) is 2.99. The number of fused-ring (bicyclic) bond motifs is 1. The summed E-state index contributed by atoms with van der Waals surface area (Å²) in [5, 5.41) is 4.56. The highest BCUT2D eigenvalue weighted by molar-refractivity contribution is 7.19. The summed E-state index contributed by atoms with van der Waals surface area (Å²) in [7, 11) is 0. The highest BCUT2D eigenvalue weighted by Gasteiger charge is 2.15. The average molecular weight is 265 g/mol. The summed E-state index contributed by atoms with van der Waals surface area (Å²) in [6.45, 7) is 9.38. The maximum Gasteiger partial charge on any atom is 0.141 e. The van der Waals surface area contributed by atoms with E-state index in [1.165, 1.54) is 10.4 Å². The van der Waals surface area contributed by atoms with Gasteiger partial charge >= 0.3 is 0 Å². The number of benzene rings is 1. The van der Waals surface area contributed by atoms with Crippen LogP contribution in [0.25, 0.3) is 10.1 Å². The van der Waals surface area contributed by atoms with Gasteiger partial charge in [-0.15, -0.1) is 11.3 Å². The van der Waals surface area contributed by atoms with Crippen molar-refractivity contribution in [1.82, 2.24) is 5.32 Å². The lowest BCUT2D eigenvalue weighted by Crippen LogP contribution is -2.35. The molecule has 2 aromatic rings. The molecule has 0 spiro atoms. The van der Waals surface area contributed by atoms with Crippen molar-refractivity contribution in [1.29, 1.82) is 0 Å². The van der Waals surface area contributed by atoms with Gasteiger partial charge in [0.1, 0.15) is 5.82 Å². The number of halogens is 1. The Morgan fingerprint density at radius 1 is 1.28 bits per heavy atom. The van der Waals surface area contributed by atoms with E-state index >= 15 is 0 Å². The molecule has 3 heteroatoms. The minimum atomic E-state index is -0.103. The van der Waals surface area contributed by atoms with Gasteiger partial charge in [-0.1, -0.05) is 19.1 Å². The summed E-state index contributed by atoms with van der Waals surface area (Å²) < 4.78 is 14.6. The predicted octanol–water partition coefficient (Wildman–Crippen LogP) is 4.49. The Morgan fingerprint density at radius 3 is 2.61 bits per heavy atom. The molecule has 2 rings (SSSR count).